The van der Waals surface area contributed by atoms with Gasteiger partial charge in [0.1, 0.15) is 0 Å². The molecule has 0 spiro atoms. The number of non-ortho nitro benzene ring substituents is 1. The van der Waals surface area contributed by atoms with E-state index < -0.39 is 4.92 Å². The molecule has 1 fully saturated rings. The molecule has 1 aromatic carbocycles. The predicted molar refractivity (Wildman–Crippen MR) is 89.7 cm³/mol. The minimum Gasteiger partial charge on any atom is -0.340 e. The Bertz CT molecular complexity index is 513. The molecule has 22 heavy (non-hydrogen) atoms. The van der Waals surface area contributed by atoms with Crippen molar-refractivity contribution in [1.29, 1.82) is 0 Å². The lowest BCUT2D eigenvalue weighted by Gasteiger charge is -2.32. The van der Waals surface area contributed by atoms with Gasteiger partial charge < -0.3 is 10.2 Å². The van der Waals surface area contributed by atoms with Crippen LogP contribution in [-0.4, -0.2) is 47.7 Å². The van der Waals surface area contributed by atoms with Crippen molar-refractivity contribution in [1.82, 2.24) is 10.2 Å². The summed E-state index contributed by atoms with van der Waals surface area (Å²) in [4.78, 5) is 25.1. The first-order chi connectivity index (χ1) is 10.1. The molecule has 0 saturated carbocycles. The molecule has 1 N–H and O–H groups in total. The SMILES string of the molecule is CNC1CCCN(C(=O)CSc2ccc([N+](=O)[O-])cc2)C1.Cl. The fraction of sp³-hybridized carbons (Fsp3) is 0.500. The number of nitro groups is 1. The number of carbonyl (C=O) groups is 1. The zero-order valence-electron chi connectivity index (χ0n) is 12.4. The molecule has 6 nitrogen and oxygen atoms in total. The molecule has 1 atom stereocenters. The molecule has 1 aliphatic heterocycles. The van der Waals surface area contributed by atoms with E-state index in [0.29, 0.717) is 11.8 Å². The van der Waals surface area contributed by atoms with Crippen LogP contribution in [0.15, 0.2) is 29.2 Å². The van der Waals surface area contributed by atoms with E-state index in [1.54, 1.807) is 12.1 Å². The highest BCUT2D eigenvalue weighted by Crippen LogP contribution is 2.22. The van der Waals surface area contributed by atoms with Crippen molar-refractivity contribution in [3.8, 4) is 0 Å². The van der Waals surface area contributed by atoms with Gasteiger partial charge in [-0.05, 0) is 32.0 Å². The molecular weight excluding hydrogens is 326 g/mol. The Morgan fingerprint density at radius 3 is 2.73 bits per heavy atom. The number of likely N-dealkylation sites (tertiary alicyclic amines) is 1. The topological polar surface area (TPSA) is 75.5 Å². The molecule has 1 heterocycles. The summed E-state index contributed by atoms with van der Waals surface area (Å²) in [6, 6.07) is 6.67. The minimum absolute atomic E-state index is 0. The highest BCUT2D eigenvalue weighted by atomic mass is 35.5. The van der Waals surface area contributed by atoms with Crippen LogP contribution < -0.4 is 5.32 Å². The van der Waals surface area contributed by atoms with Gasteiger partial charge in [0.15, 0.2) is 0 Å². The molecule has 8 heteroatoms. The first-order valence-electron chi connectivity index (χ1n) is 6.92. The lowest BCUT2D eigenvalue weighted by molar-refractivity contribution is -0.384. The fourth-order valence-electron chi connectivity index (χ4n) is 2.34. The van der Waals surface area contributed by atoms with Crippen LogP contribution in [0, 0.1) is 10.1 Å². The van der Waals surface area contributed by atoms with E-state index in [1.807, 2.05) is 11.9 Å². The number of piperidine rings is 1. The van der Waals surface area contributed by atoms with Crippen LogP contribution in [0.1, 0.15) is 12.8 Å². The first-order valence-corrected chi connectivity index (χ1v) is 7.91. The number of nitro benzene ring substituents is 1. The summed E-state index contributed by atoms with van der Waals surface area (Å²) < 4.78 is 0. The van der Waals surface area contributed by atoms with Crippen molar-refractivity contribution in [3.05, 3.63) is 34.4 Å². The number of nitrogens with zero attached hydrogens (tertiary/aromatic N) is 2. The normalized spacial score (nSPS) is 17.7. The number of carbonyl (C=O) groups excluding carboxylic acids is 1. The highest BCUT2D eigenvalue weighted by Gasteiger charge is 2.22. The van der Waals surface area contributed by atoms with E-state index >= 15 is 0 Å². The summed E-state index contributed by atoms with van der Waals surface area (Å²) in [5, 5.41) is 13.8. The van der Waals surface area contributed by atoms with Crippen LogP contribution in [0.3, 0.4) is 0 Å². The third kappa shape index (κ3) is 5.15. The molecule has 122 valence electrons. The van der Waals surface area contributed by atoms with E-state index in [4.69, 9.17) is 0 Å². The fourth-order valence-corrected chi connectivity index (χ4v) is 3.14. The highest BCUT2D eigenvalue weighted by molar-refractivity contribution is 8.00. The van der Waals surface area contributed by atoms with Crippen LogP contribution in [0.25, 0.3) is 0 Å². The van der Waals surface area contributed by atoms with Gasteiger partial charge in [-0.15, -0.1) is 24.2 Å². The molecule has 2 rings (SSSR count). The number of hydrogen-bond donors (Lipinski definition) is 1. The van der Waals surface area contributed by atoms with Gasteiger partial charge in [0.2, 0.25) is 5.91 Å². The quantitative estimate of drug-likeness (QED) is 0.503. The zero-order valence-corrected chi connectivity index (χ0v) is 14.0. The van der Waals surface area contributed by atoms with Gasteiger partial charge in [-0.25, -0.2) is 0 Å². The number of hydrogen-bond acceptors (Lipinski definition) is 5. The summed E-state index contributed by atoms with van der Waals surface area (Å²) in [6.07, 6.45) is 2.13. The number of halogens is 1. The minimum atomic E-state index is -0.425. The number of likely N-dealkylation sites (N-methyl/N-ethyl adjacent to an activating group) is 1. The van der Waals surface area contributed by atoms with E-state index in [9.17, 15) is 14.9 Å². The second-order valence-electron chi connectivity index (χ2n) is 5.01. The average Bonchev–Trinajstić information content (AvgIpc) is 2.53. The molecule has 1 aliphatic rings. The van der Waals surface area contributed by atoms with Gasteiger partial charge in [-0.1, -0.05) is 0 Å². The van der Waals surface area contributed by atoms with Gasteiger partial charge >= 0.3 is 0 Å². The monoisotopic (exact) mass is 345 g/mol. The molecule has 1 saturated heterocycles. The van der Waals surface area contributed by atoms with Crippen molar-refractivity contribution in [2.24, 2.45) is 0 Å². The van der Waals surface area contributed by atoms with E-state index in [0.717, 1.165) is 30.8 Å². The van der Waals surface area contributed by atoms with E-state index in [-0.39, 0.29) is 24.0 Å². The van der Waals surface area contributed by atoms with Crippen molar-refractivity contribution >= 4 is 35.8 Å². The molecule has 0 aliphatic carbocycles. The van der Waals surface area contributed by atoms with Gasteiger partial charge in [0.05, 0.1) is 10.7 Å². The molecule has 1 unspecified atom stereocenters. The average molecular weight is 346 g/mol. The zero-order chi connectivity index (χ0) is 15.2. The Kier molecular flexibility index (Phi) is 7.64. The molecular formula is C14H20ClN3O3S. The maximum absolute atomic E-state index is 12.2. The number of thioether (sulfide) groups is 1. The third-order valence-electron chi connectivity index (χ3n) is 3.59. The molecule has 0 bridgehead atoms. The van der Waals surface area contributed by atoms with Crippen LogP contribution in [0.2, 0.25) is 0 Å². The number of nitrogens with one attached hydrogen (secondary N) is 1. The number of benzene rings is 1. The van der Waals surface area contributed by atoms with Gasteiger partial charge in [-0.3, -0.25) is 14.9 Å². The maximum Gasteiger partial charge on any atom is 0.269 e. The van der Waals surface area contributed by atoms with Gasteiger partial charge in [0, 0.05) is 36.2 Å². The van der Waals surface area contributed by atoms with Gasteiger partial charge in [-0.2, -0.15) is 0 Å². The number of rotatable bonds is 5. The van der Waals surface area contributed by atoms with Crippen molar-refractivity contribution in [2.45, 2.75) is 23.8 Å². The largest absolute Gasteiger partial charge is 0.340 e. The lowest BCUT2D eigenvalue weighted by Crippen LogP contribution is -2.47. The van der Waals surface area contributed by atoms with Crippen molar-refractivity contribution in [2.75, 3.05) is 25.9 Å². The Labute approximate surface area is 140 Å². The second-order valence-corrected chi connectivity index (χ2v) is 6.06. The van der Waals surface area contributed by atoms with Crippen LogP contribution in [0.5, 0.6) is 0 Å². The molecule has 1 aromatic rings. The molecule has 1 amide bonds. The lowest BCUT2D eigenvalue weighted by atomic mass is 10.1. The number of amides is 1. The maximum atomic E-state index is 12.2. The third-order valence-corrected chi connectivity index (χ3v) is 4.59. The van der Waals surface area contributed by atoms with Gasteiger partial charge in [0.25, 0.3) is 5.69 Å². The van der Waals surface area contributed by atoms with Crippen molar-refractivity contribution < 1.29 is 9.72 Å². The smallest absolute Gasteiger partial charge is 0.269 e. The summed E-state index contributed by atoms with van der Waals surface area (Å²) in [7, 11) is 1.92. The van der Waals surface area contributed by atoms with E-state index in [1.165, 1.54) is 23.9 Å². The van der Waals surface area contributed by atoms with Crippen LogP contribution in [0.4, 0.5) is 5.69 Å². The summed E-state index contributed by atoms with van der Waals surface area (Å²) in [5.74, 6) is 0.493. The Morgan fingerprint density at radius 2 is 2.14 bits per heavy atom. The second kappa shape index (κ2) is 8.97. The van der Waals surface area contributed by atoms with Crippen LogP contribution >= 0.6 is 24.2 Å². The summed E-state index contributed by atoms with van der Waals surface area (Å²) in [5.41, 5.74) is 0.0681. The van der Waals surface area contributed by atoms with Crippen molar-refractivity contribution in [3.63, 3.8) is 0 Å². The van der Waals surface area contributed by atoms with Crippen LogP contribution in [-0.2, 0) is 4.79 Å². The Morgan fingerprint density at radius 1 is 1.45 bits per heavy atom. The Hall–Kier alpha value is -1.31. The van der Waals surface area contributed by atoms with E-state index in [2.05, 4.69) is 5.32 Å². The summed E-state index contributed by atoms with van der Waals surface area (Å²) >= 11 is 1.42. The predicted octanol–water partition coefficient (Wildman–Crippen LogP) is 2.32. The first kappa shape index (κ1) is 18.7. The standard InChI is InChI=1S/C14H19N3O3S.ClH/c1-15-11-3-2-8-16(9-11)14(18)10-21-13-6-4-12(5-7-13)17(19)20;/h4-7,11,15H,2-3,8-10H2,1H3;1H. The molecule has 0 aromatic heterocycles. The Balaban J connectivity index is 0.00000242. The summed E-state index contributed by atoms with van der Waals surface area (Å²) in [6.45, 7) is 1.58. The molecule has 0 radical (unpaired) electrons.